The zero-order chi connectivity index (χ0) is 27.8. The van der Waals surface area contributed by atoms with Gasteiger partial charge >= 0.3 is 0 Å². The van der Waals surface area contributed by atoms with Crippen molar-refractivity contribution in [2.24, 2.45) is 0 Å². The van der Waals surface area contributed by atoms with E-state index in [4.69, 9.17) is 8.75 Å². The van der Waals surface area contributed by atoms with Gasteiger partial charge < -0.3 is 0 Å². The normalized spacial score (nSPS) is 18.3. The van der Waals surface area contributed by atoms with Crippen molar-refractivity contribution in [2.45, 2.75) is 24.3 Å². The molecule has 2 unspecified atom stereocenters. The first kappa shape index (κ1) is 25.9. The summed E-state index contributed by atoms with van der Waals surface area (Å²) in [5.41, 5.74) is 7.20. The minimum absolute atomic E-state index is 0.157. The molecule has 0 fully saturated rings. The molecule has 0 spiro atoms. The Morgan fingerprint density at radius 1 is 0.585 bits per heavy atom. The van der Waals surface area contributed by atoms with Crippen LogP contribution in [0.15, 0.2) is 72.8 Å². The fraction of sp³-hybridized carbons (Fsp3) is 0.125. The van der Waals surface area contributed by atoms with Crippen molar-refractivity contribution < 1.29 is 8.78 Å². The first-order valence-electron chi connectivity index (χ1n) is 13.0. The molecule has 3 aromatic carbocycles. The Balaban J connectivity index is 1.08. The van der Waals surface area contributed by atoms with Crippen LogP contribution in [0.3, 0.4) is 0 Å². The number of aromatic nitrogens is 2. The summed E-state index contributed by atoms with van der Waals surface area (Å²) in [6.07, 6.45) is 4.51. The lowest BCUT2D eigenvalue weighted by atomic mass is 10.1. The van der Waals surface area contributed by atoms with Gasteiger partial charge in [-0.15, -0.1) is 46.2 Å². The quantitative estimate of drug-likeness (QED) is 0.194. The first-order chi connectivity index (χ1) is 19.9. The monoisotopic (exact) mass is 630 g/mol. The standard InChI is InChI=1S/C32H20F2N2S5/c1-15-3-5-17(21(33)9-15)23-11-27-29(37-23)13-25(39-27)19-7-8-20(32-31(19)35-41-36-32)26-14-30-28(40-26)12-24(38-30)18-6-4-16(2)10-22(18)34/h3-14,27,29H,1-2H3. The lowest BCUT2D eigenvalue weighted by Gasteiger charge is -2.08. The minimum atomic E-state index is -0.180. The van der Waals surface area contributed by atoms with Gasteiger partial charge in [0.1, 0.15) is 22.7 Å². The molecule has 6 aromatic rings. The fourth-order valence-corrected chi connectivity index (χ4v) is 11.4. The van der Waals surface area contributed by atoms with E-state index in [0.29, 0.717) is 11.1 Å². The molecule has 9 heteroatoms. The maximum Gasteiger partial charge on any atom is 0.132 e. The van der Waals surface area contributed by atoms with Gasteiger partial charge in [0.2, 0.25) is 0 Å². The molecule has 2 nitrogen and oxygen atoms in total. The van der Waals surface area contributed by atoms with E-state index in [9.17, 15) is 8.78 Å². The average molecular weight is 631 g/mol. The van der Waals surface area contributed by atoms with E-state index in [1.165, 1.54) is 16.6 Å². The van der Waals surface area contributed by atoms with Crippen LogP contribution >= 0.6 is 57.9 Å². The molecule has 0 radical (unpaired) electrons. The molecule has 2 aliphatic heterocycles. The van der Waals surface area contributed by atoms with Gasteiger partial charge in [-0.25, -0.2) is 8.78 Å². The number of fused-ring (bicyclic) bond motifs is 3. The molecular weight excluding hydrogens is 611 g/mol. The van der Waals surface area contributed by atoms with Crippen LogP contribution in [0.25, 0.3) is 51.1 Å². The third-order valence-corrected chi connectivity index (χ3v) is 13.1. The second-order valence-electron chi connectivity index (χ2n) is 10.3. The largest absolute Gasteiger partial charge is 0.206 e. The van der Waals surface area contributed by atoms with Gasteiger partial charge in [0.05, 0.1) is 11.7 Å². The lowest BCUT2D eigenvalue weighted by Crippen LogP contribution is -2.04. The Labute approximate surface area is 256 Å². The third-order valence-electron chi connectivity index (χ3n) is 7.41. The van der Waals surface area contributed by atoms with Crippen molar-refractivity contribution in [3.8, 4) is 20.9 Å². The van der Waals surface area contributed by atoms with Gasteiger partial charge in [0.25, 0.3) is 0 Å². The summed E-state index contributed by atoms with van der Waals surface area (Å²) in [6, 6.07) is 19.5. The number of hydrogen-bond donors (Lipinski definition) is 0. The maximum absolute atomic E-state index is 14.6. The number of nitrogens with zero attached hydrogens (tertiary/aromatic N) is 2. The predicted molar refractivity (Wildman–Crippen MR) is 176 cm³/mol. The molecule has 2 aliphatic rings. The summed E-state index contributed by atoms with van der Waals surface area (Å²) in [4.78, 5) is 4.30. The number of benzene rings is 3. The molecule has 3 aromatic heterocycles. The number of rotatable bonds is 4. The highest BCUT2D eigenvalue weighted by atomic mass is 32.2. The van der Waals surface area contributed by atoms with Crippen LogP contribution in [0.2, 0.25) is 0 Å². The minimum Gasteiger partial charge on any atom is -0.206 e. The molecule has 41 heavy (non-hydrogen) atoms. The highest BCUT2D eigenvalue weighted by Crippen LogP contribution is 2.54. The van der Waals surface area contributed by atoms with Crippen LogP contribution in [-0.2, 0) is 0 Å². The van der Waals surface area contributed by atoms with Crippen molar-refractivity contribution in [2.75, 3.05) is 0 Å². The van der Waals surface area contributed by atoms with Crippen LogP contribution in [-0.4, -0.2) is 19.2 Å². The van der Waals surface area contributed by atoms with Crippen molar-refractivity contribution in [1.82, 2.24) is 8.75 Å². The second-order valence-corrected chi connectivity index (χ2v) is 15.4. The van der Waals surface area contributed by atoms with E-state index in [0.717, 1.165) is 57.3 Å². The summed E-state index contributed by atoms with van der Waals surface area (Å²) in [5.74, 6) is -0.337. The molecular formula is C32H20F2N2S5. The molecule has 2 atom stereocenters. The highest BCUT2D eigenvalue weighted by Gasteiger charge is 2.35. The maximum atomic E-state index is 14.6. The molecule has 0 bridgehead atoms. The fourth-order valence-electron chi connectivity index (χ4n) is 5.37. The second kappa shape index (κ2) is 9.88. The zero-order valence-electron chi connectivity index (χ0n) is 21.8. The third kappa shape index (κ3) is 4.41. The number of halogens is 2. The van der Waals surface area contributed by atoms with Gasteiger partial charge in [0.15, 0.2) is 0 Å². The van der Waals surface area contributed by atoms with Crippen molar-refractivity contribution in [3.63, 3.8) is 0 Å². The predicted octanol–water partition coefficient (Wildman–Crippen LogP) is 10.8. The number of aryl methyl sites for hydroxylation is 2. The summed E-state index contributed by atoms with van der Waals surface area (Å²) in [6.45, 7) is 3.81. The smallest absolute Gasteiger partial charge is 0.132 e. The van der Waals surface area contributed by atoms with Gasteiger partial charge in [0, 0.05) is 61.7 Å². The van der Waals surface area contributed by atoms with E-state index in [2.05, 4.69) is 36.4 Å². The zero-order valence-corrected chi connectivity index (χ0v) is 25.9. The van der Waals surface area contributed by atoms with E-state index in [-0.39, 0.29) is 22.1 Å². The van der Waals surface area contributed by atoms with Gasteiger partial charge in [-0.2, -0.15) is 8.75 Å². The SMILES string of the molecule is Cc1ccc(C2=CC3SC(c4ccc(-c5cc6sc(-c7ccc(C)cc7F)cc6s5)c5nsnc45)=CC3S2)c(F)c1. The summed E-state index contributed by atoms with van der Waals surface area (Å²) < 4.78 is 40.9. The molecule has 5 heterocycles. The topological polar surface area (TPSA) is 25.8 Å². The van der Waals surface area contributed by atoms with Crippen molar-refractivity contribution in [3.05, 3.63) is 107 Å². The number of thioether (sulfide) groups is 2. The molecule has 0 amide bonds. The Hall–Kier alpha value is -2.82. The van der Waals surface area contributed by atoms with Crippen LogP contribution < -0.4 is 0 Å². The Bertz CT molecular complexity index is 2050. The van der Waals surface area contributed by atoms with E-state index in [1.807, 2.05) is 49.9 Å². The van der Waals surface area contributed by atoms with Crippen LogP contribution in [0.1, 0.15) is 22.3 Å². The van der Waals surface area contributed by atoms with Gasteiger partial charge in [-0.3, -0.25) is 0 Å². The molecule has 0 N–H and O–H groups in total. The summed E-state index contributed by atoms with van der Waals surface area (Å²) in [7, 11) is 0. The van der Waals surface area contributed by atoms with E-state index < -0.39 is 0 Å². The Morgan fingerprint density at radius 2 is 1.07 bits per heavy atom. The highest BCUT2D eigenvalue weighted by molar-refractivity contribution is 8.14. The first-order valence-corrected chi connectivity index (χ1v) is 17.1. The molecule has 0 saturated carbocycles. The Kier molecular flexibility index (Phi) is 6.23. The van der Waals surface area contributed by atoms with Crippen LogP contribution in [0.4, 0.5) is 8.78 Å². The summed E-state index contributed by atoms with van der Waals surface area (Å²) >= 11 is 8.12. The molecule has 8 rings (SSSR count). The van der Waals surface area contributed by atoms with Crippen molar-refractivity contribution in [1.29, 1.82) is 0 Å². The molecule has 0 aliphatic carbocycles. The number of hydrogen-bond acceptors (Lipinski definition) is 7. The lowest BCUT2D eigenvalue weighted by molar-refractivity contribution is 0.623. The van der Waals surface area contributed by atoms with E-state index in [1.54, 1.807) is 46.6 Å². The molecule has 0 saturated heterocycles. The van der Waals surface area contributed by atoms with Crippen LogP contribution in [0.5, 0.6) is 0 Å². The van der Waals surface area contributed by atoms with E-state index >= 15 is 0 Å². The van der Waals surface area contributed by atoms with Gasteiger partial charge in [-0.05, 0) is 49.2 Å². The average Bonchev–Trinajstić information content (AvgIpc) is 3.73. The molecule has 202 valence electrons. The number of thiophene rings is 2. The summed E-state index contributed by atoms with van der Waals surface area (Å²) in [5, 5.41) is 0.535. The Morgan fingerprint density at radius 3 is 1.68 bits per heavy atom. The van der Waals surface area contributed by atoms with Crippen LogP contribution in [0, 0.1) is 25.5 Å². The van der Waals surface area contributed by atoms with Crippen molar-refractivity contribution >= 4 is 88.2 Å². The van der Waals surface area contributed by atoms with Gasteiger partial charge in [-0.1, -0.05) is 48.6 Å².